The van der Waals surface area contributed by atoms with Crippen molar-refractivity contribution in [2.45, 2.75) is 31.9 Å². The molecule has 1 rings (SSSR count). The number of guanidine groups is 1. The first-order valence-corrected chi connectivity index (χ1v) is 7.61. The van der Waals surface area contributed by atoms with Crippen LogP contribution in [0.1, 0.15) is 25.0 Å². The molecule has 1 aromatic rings. The van der Waals surface area contributed by atoms with Crippen molar-refractivity contribution in [3.63, 3.8) is 0 Å². The van der Waals surface area contributed by atoms with Crippen LogP contribution in [-0.2, 0) is 11.2 Å². The van der Waals surface area contributed by atoms with E-state index in [0.29, 0.717) is 45.0 Å². The molecule has 0 unspecified atom stereocenters. The molecule has 0 spiro atoms. The van der Waals surface area contributed by atoms with Crippen LogP contribution >= 0.6 is 24.0 Å². The minimum atomic E-state index is -4.09. The van der Waals surface area contributed by atoms with Crippen LogP contribution in [0.2, 0.25) is 0 Å². The zero-order valence-electron chi connectivity index (χ0n) is 13.7. The van der Waals surface area contributed by atoms with E-state index in [1.165, 1.54) is 0 Å². The van der Waals surface area contributed by atoms with E-state index < -0.39 is 12.6 Å². The maximum atomic E-state index is 12.1. The average molecular weight is 463 g/mol. The number of hydrogen-bond acceptors (Lipinski definition) is 3. The van der Waals surface area contributed by atoms with Crippen LogP contribution in [0.25, 0.3) is 0 Å². The summed E-state index contributed by atoms with van der Waals surface area (Å²) in [6.07, 6.45) is -2.06. The van der Waals surface area contributed by atoms with Gasteiger partial charge in [0.05, 0.1) is 12.9 Å². The zero-order chi connectivity index (χ0) is 17.0. The van der Waals surface area contributed by atoms with Crippen molar-refractivity contribution in [2.75, 3.05) is 33.4 Å². The Labute approximate surface area is 157 Å². The van der Waals surface area contributed by atoms with Crippen LogP contribution in [0.5, 0.6) is 0 Å². The van der Waals surface area contributed by atoms with Crippen molar-refractivity contribution in [3.8, 4) is 0 Å². The zero-order valence-corrected chi connectivity index (χ0v) is 16.0. The number of unbranched alkanes of at least 4 members (excludes halogenated alkanes) is 1. The molecule has 1 heterocycles. The van der Waals surface area contributed by atoms with Gasteiger partial charge in [-0.25, -0.2) is 0 Å². The van der Waals surface area contributed by atoms with Crippen LogP contribution in [0.4, 0.5) is 13.2 Å². The van der Waals surface area contributed by atoms with E-state index in [1.807, 2.05) is 12.1 Å². The maximum Gasteiger partial charge on any atom is 0.389 e. The maximum absolute atomic E-state index is 12.1. The molecule has 0 aliphatic heterocycles. The molecule has 1 aromatic heterocycles. The number of hydrogen-bond donors (Lipinski definition) is 2. The molecule has 0 saturated carbocycles. The van der Waals surface area contributed by atoms with E-state index in [0.717, 1.165) is 5.76 Å². The van der Waals surface area contributed by atoms with E-state index in [4.69, 9.17) is 9.15 Å². The summed E-state index contributed by atoms with van der Waals surface area (Å²) in [5.74, 6) is 1.43. The SMILES string of the molecule is COCCNC(=NCCCCC(F)(F)F)NCCc1ccco1.I. The molecular formula is C15H25F3IN3O2. The molecule has 0 saturated heterocycles. The number of halogens is 4. The Bertz CT molecular complexity index is 440. The Balaban J connectivity index is 0.00000529. The largest absolute Gasteiger partial charge is 0.469 e. The molecule has 5 nitrogen and oxygen atoms in total. The van der Waals surface area contributed by atoms with Crippen molar-refractivity contribution >= 4 is 29.9 Å². The number of aliphatic imine (C=N–C) groups is 1. The molecule has 24 heavy (non-hydrogen) atoms. The molecule has 2 N–H and O–H groups in total. The van der Waals surface area contributed by atoms with Crippen LogP contribution in [0.15, 0.2) is 27.8 Å². The molecule has 0 bridgehead atoms. The number of rotatable bonds is 10. The van der Waals surface area contributed by atoms with Crippen LogP contribution in [0, 0.1) is 0 Å². The van der Waals surface area contributed by atoms with Gasteiger partial charge in [0.1, 0.15) is 5.76 Å². The summed E-state index contributed by atoms with van der Waals surface area (Å²) in [7, 11) is 1.60. The minimum Gasteiger partial charge on any atom is -0.469 e. The topological polar surface area (TPSA) is 58.8 Å². The second kappa shape index (κ2) is 13.3. The van der Waals surface area contributed by atoms with Crippen LogP contribution < -0.4 is 10.6 Å². The van der Waals surface area contributed by atoms with Gasteiger partial charge in [-0.3, -0.25) is 4.99 Å². The highest BCUT2D eigenvalue weighted by Gasteiger charge is 2.25. The number of furan rings is 1. The first-order valence-electron chi connectivity index (χ1n) is 7.61. The summed E-state index contributed by atoms with van der Waals surface area (Å²) < 4.78 is 46.4. The molecule has 0 radical (unpaired) electrons. The Morgan fingerprint density at radius 1 is 1.25 bits per heavy atom. The predicted molar refractivity (Wildman–Crippen MR) is 97.9 cm³/mol. The van der Waals surface area contributed by atoms with E-state index in [2.05, 4.69) is 15.6 Å². The van der Waals surface area contributed by atoms with Gasteiger partial charge >= 0.3 is 6.18 Å². The summed E-state index contributed by atoms with van der Waals surface area (Å²) in [5, 5.41) is 6.19. The highest BCUT2D eigenvalue weighted by molar-refractivity contribution is 14.0. The number of methoxy groups -OCH3 is 1. The Morgan fingerprint density at radius 3 is 2.62 bits per heavy atom. The normalized spacial score (nSPS) is 11.9. The van der Waals surface area contributed by atoms with Crippen LogP contribution in [0.3, 0.4) is 0 Å². The molecule has 0 aliphatic carbocycles. The lowest BCUT2D eigenvalue weighted by molar-refractivity contribution is -0.135. The molecule has 0 amide bonds. The van der Waals surface area contributed by atoms with Crippen molar-refractivity contribution in [3.05, 3.63) is 24.2 Å². The van der Waals surface area contributed by atoms with Gasteiger partial charge in [-0.15, -0.1) is 24.0 Å². The van der Waals surface area contributed by atoms with Gasteiger partial charge in [0.15, 0.2) is 5.96 Å². The quantitative estimate of drug-likeness (QED) is 0.242. The number of nitrogens with zero attached hydrogens (tertiary/aromatic N) is 1. The highest BCUT2D eigenvalue weighted by atomic mass is 127. The molecular weight excluding hydrogens is 438 g/mol. The fourth-order valence-electron chi connectivity index (χ4n) is 1.83. The molecule has 0 aliphatic rings. The Hall–Kier alpha value is -0.970. The standard InChI is InChI=1S/C15H24F3N3O2.HI/c1-22-12-10-21-14(19-8-3-2-7-15(16,17)18)20-9-6-13-5-4-11-23-13;/h4-5,11H,2-3,6-10,12H2,1H3,(H2,19,20,21);1H. The monoisotopic (exact) mass is 463 g/mol. The summed E-state index contributed by atoms with van der Waals surface area (Å²) in [6, 6.07) is 3.70. The third-order valence-corrected chi connectivity index (χ3v) is 2.98. The lowest BCUT2D eigenvalue weighted by Crippen LogP contribution is -2.40. The molecule has 9 heteroatoms. The fourth-order valence-corrected chi connectivity index (χ4v) is 1.83. The van der Waals surface area contributed by atoms with Gasteiger partial charge in [0.25, 0.3) is 0 Å². The third-order valence-electron chi connectivity index (χ3n) is 2.98. The van der Waals surface area contributed by atoms with Crippen molar-refractivity contribution in [2.24, 2.45) is 4.99 Å². The Kier molecular flexibility index (Phi) is 12.8. The van der Waals surface area contributed by atoms with E-state index in [1.54, 1.807) is 13.4 Å². The number of alkyl halides is 3. The van der Waals surface area contributed by atoms with Crippen LogP contribution in [-0.4, -0.2) is 45.5 Å². The summed E-state index contributed by atoms with van der Waals surface area (Å²) in [4.78, 5) is 4.27. The molecule has 140 valence electrons. The Morgan fingerprint density at radius 2 is 2.00 bits per heavy atom. The summed E-state index contributed by atoms with van der Waals surface area (Å²) >= 11 is 0. The third kappa shape index (κ3) is 12.5. The number of nitrogens with one attached hydrogen (secondary N) is 2. The lowest BCUT2D eigenvalue weighted by Gasteiger charge is -2.12. The second-order valence-corrected chi connectivity index (χ2v) is 4.98. The first-order chi connectivity index (χ1) is 11.0. The van der Waals surface area contributed by atoms with Gasteiger partial charge in [0, 0.05) is 39.6 Å². The minimum absolute atomic E-state index is 0. The van der Waals surface area contributed by atoms with Gasteiger partial charge in [-0.05, 0) is 25.0 Å². The van der Waals surface area contributed by atoms with E-state index in [9.17, 15) is 13.2 Å². The van der Waals surface area contributed by atoms with Gasteiger partial charge < -0.3 is 19.8 Å². The van der Waals surface area contributed by atoms with Gasteiger partial charge in [0.2, 0.25) is 0 Å². The van der Waals surface area contributed by atoms with Gasteiger partial charge in [-0.2, -0.15) is 13.2 Å². The average Bonchev–Trinajstić information content (AvgIpc) is 2.98. The van der Waals surface area contributed by atoms with Crippen molar-refractivity contribution < 1.29 is 22.3 Å². The molecule has 0 atom stereocenters. The number of ether oxygens (including phenoxy) is 1. The highest BCUT2D eigenvalue weighted by Crippen LogP contribution is 2.21. The smallest absolute Gasteiger partial charge is 0.389 e. The van der Waals surface area contributed by atoms with E-state index in [-0.39, 0.29) is 30.4 Å². The first kappa shape index (κ1) is 23.0. The molecule has 0 aromatic carbocycles. The summed E-state index contributed by atoms with van der Waals surface area (Å²) in [5.41, 5.74) is 0. The van der Waals surface area contributed by atoms with Gasteiger partial charge in [-0.1, -0.05) is 0 Å². The fraction of sp³-hybridized carbons (Fsp3) is 0.667. The van der Waals surface area contributed by atoms with Crippen molar-refractivity contribution in [1.29, 1.82) is 0 Å². The van der Waals surface area contributed by atoms with E-state index >= 15 is 0 Å². The predicted octanol–water partition coefficient (Wildman–Crippen LogP) is 3.35. The summed E-state index contributed by atoms with van der Waals surface area (Å²) in [6.45, 7) is 2.06. The second-order valence-electron chi connectivity index (χ2n) is 4.98. The molecule has 0 fully saturated rings. The van der Waals surface area contributed by atoms with Crippen molar-refractivity contribution in [1.82, 2.24) is 10.6 Å². The lowest BCUT2D eigenvalue weighted by atomic mass is 10.2.